The summed E-state index contributed by atoms with van der Waals surface area (Å²) >= 11 is 0. The Morgan fingerprint density at radius 2 is 1.64 bits per heavy atom. The molecule has 2 N–H and O–H groups in total. The van der Waals surface area contributed by atoms with Crippen LogP contribution in [0.5, 0.6) is 5.75 Å². The first kappa shape index (κ1) is 18.2. The fraction of sp³-hybridized carbons (Fsp3) is 0.211. The van der Waals surface area contributed by atoms with Crippen molar-refractivity contribution in [1.29, 1.82) is 0 Å². The zero-order valence-corrected chi connectivity index (χ0v) is 14.5. The lowest BCUT2D eigenvalue weighted by Gasteiger charge is -2.06. The minimum absolute atomic E-state index is 0.554. The van der Waals surface area contributed by atoms with Crippen LogP contribution >= 0.6 is 0 Å². The highest BCUT2D eigenvalue weighted by molar-refractivity contribution is 6.39. The van der Waals surface area contributed by atoms with Gasteiger partial charge in [-0.1, -0.05) is 17.7 Å². The molecule has 0 fully saturated rings. The van der Waals surface area contributed by atoms with Crippen LogP contribution in [0.3, 0.4) is 0 Å². The lowest BCUT2D eigenvalue weighted by atomic mass is 10.1. The van der Waals surface area contributed by atoms with E-state index < -0.39 is 11.8 Å². The van der Waals surface area contributed by atoms with Crippen LogP contribution in [0.15, 0.2) is 53.6 Å². The van der Waals surface area contributed by atoms with Gasteiger partial charge in [0.2, 0.25) is 0 Å². The SMILES string of the molecule is CCOc1ccc(/C(C)=N\NC(=O)C(=O)Nc2ccc(C)cc2)cc1. The molecule has 0 aliphatic heterocycles. The van der Waals surface area contributed by atoms with E-state index in [1.165, 1.54) is 0 Å². The molecule has 0 aliphatic rings. The van der Waals surface area contributed by atoms with E-state index in [0.717, 1.165) is 16.9 Å². The minimum atomic E-state index is -0.828. The molecular formula is C19H21N3O3. The van der Waals surface area contributed by atoms with E-state index in [9.17, 15) is 9.59 Å². The third kappa shape index (κ3) is 5.46. The quantitative estimate of drug-likeness (QED) is 0.499. The Kier molecular flexibility index (Phi) is 6.28. The molecule has 0 heterocycles. The van der Waals surface area contributed by atoms with E-state index in [1.807, 2.05) is 50.2 Å². The number of anilines is 1. The summed E-state index contributed by atoms with van der Waals surface area (Å²) in [5.41, 5.74) is 5.28. The van der Waals surface area contributed by atoms with Crippen molar-refractivity contribution in [3.63, 3.8) is 0 Å². The Balaban J connectivity index is 1.93. The molecule has 0 aromatic heterocycles. The van der Waals surface area contributed by atoms with Crippen LogP contribution < -0.4 is 15.5 Å². The number of amides is 2. The normalized spacial score (nSPS) is 10.9. The number of benzene rings is 2. The predicted molar refractivity (Wildman–Crippen MR) is 97.8 cm³/mol. The molecular weight excluding hydrogens is 318 g/mol. The maximum absolute atomic E-state index is 11.9. The number of nitrogens with zero attached hydrogens (tertiary/aromatic N) is 1. The number of nitrogens with one attached hydrogen (secondary N) is 2. The van der Waals surface area contributed by atoms with E-state index in [0.29, 0.717) is 18.0 Å². The van der Waals surface area contributed by atoms with Crippen molar-refractivity contribution < 1.29 is 14.3 Å². The molecule has 0 saturated heterocycles. The van der Waals surface area contributed by atoms with Crippen molar-refractivity contribution in [3.05, 3.63) is 59.7 Å². The van der Waals surface area contributed by atoms with Gasteiger partial charge in [0.1, 0.15) is 5.75 Å². The molecule has 6 nitrogen and oxygen atoms in total. The summed E-state index contributed by atoms with van der Waals surface area (Å²) in [6, 6.07) is 14.5. The highest BCUT2D eigenvalue weighted by Crippen LogP contribution is 2.12. The van der Waals surface area contributed by atoms with Crippen molar-refractivity contribution >= 4 is 23.2 Å². The average Bonchev–Trinajstić information content (AvgIpc) is 2.62. The Labute approximate surface area is 146 Å². The summed E-state index contributed by atoms with van der Waals surface area (Å²) < 4.78 is 5.37. The van der Waals surface area contributed by atoms with Gasteiger partial charge in [-0.25, -0.2) is 5.43 Å². The van der Waals surface area contributed by atoms with E-state index in [4.69, 9.17) is 4.74 Å². The second-order valence-corrected chi connectivity index (χ2v) is 5.42. The zero-order chi connectivity index (χ0) is 18.2. The standard InChI is InChI=1S/C19H21N3O3/c1-4-25-17-11-7-15(8-12-17)14(3)21-22-19(24)18(23)20-16-9-5-13(2)6-10-16/h5-12H,4H2,1-3H3,(H,20,23)(H,22,24)/b21-14-. The van der Waals surface area contributed by atoms with Crippen LogP contribution in [-0.2, 0) is 9.59 Å². The maximum Gasteiger partial charge on any atom is 0.329 e. The first-order chi connectivity index (χ1) is 12.0. The van der Waals surface area contributed by atoms with Crippen LogP contribution in [0.2, 0.25) is 0 Å². The summed E-state index contributed by atoms with van der Waals surface area (Å²) in [5.74, 6) is -0.835. The smallest absolute Gasteiger partial charge is 0.329 e. The largest absolute Gasteiger partial charge is 0.494 e. The van der Waals surface area contributed by atoms with E-state index in [-0.39, 0.29) is 0 Å². The summed E-state index contributed by atoms with van der Waals surface area (Å²) in [5, 5.41) is 6.48. The summed E-state index contributed by atoms with van der Waals surface area (Å²) in [4.78, 5) is 23.7. The first-order valence-electron chi connectivity index (χ1n) is 7.95. The van der Waals surface area contributed by atoms with E-state index >= 15 is 0 Å². The molecule has 2 amide bonds. The van der Waals surface area contributed by atoms with E-state index in [1.54, 1.807) is 19.1 Å². The van der Waals surface area contributed by atoms with Gasteiger partial charge in [0, 0.05) is 5.69 Å². The number of rotatable bonds is 5. The van der Waals surface area contributed by atoms with Crippen molar-refractivity contribution in [1.82, 2.24) is 5.43 Å². The first-order valence-corrected chi connectivity index (χ1v) is 7.95. The van der Waals surface area contributed by atoms with Crippen molar-refractivity contribution in [3.8, 4) is 5.75 Å². The Bertz CT molecular complexity index is 766. The molecule has 0 saturated carbocycles. The molecule has 2 rings (SSSR count). The van der Waals surface area contributed by atoms with Crippen molar-refractivity contribution in [2.24, 2.45) is 5.10 Å². The molecule has 0 aliphatic carbocycles. The lowest BCUT2D eigenvalue weighted by molar-refractivity contribution is -0.136. The van der Waals surface area contributed by atoms with E-state index in [2.05, 4.69) is 15.8 Å². The number of aryl methyl sites for hydroxylation is 1. The van der Waals surface area contributed by atoms with Gasteiger partial charge in [-0.3, -0.25) is 9.59 Å². The predicted octanol–water partition coefficient (Wildman–Crippen LogP) is 2.87. The lowest BCUT2D eigenvalue weighted by Crippen LogP contribution is -2.32. The van der Waals surface area contributed by atoms with Gasteiger partial charge >= 0.3 is 11.8 Å². The molecule has 2 aromatic carbocycles. The summed E-state index contributed by atoms with van der Waals surface area (Å²) in [6.07, 6.45) is 0. The zero-order valence-electron chi connectivity index (χ0n) is 14.5. The fourth-order valence-corrected chi connectivity index (χ4v) is 2.03. The van der Waals surface area contributed by atoms with Gasteiger partial charge in [-0.15, -0.1) is 0 Å². The van der Waals surface area contributed by atoms with Gasteiger partial charge in [0.05, 0.1) is 12.3 Å². The second-order valence-electron chi connectivity index (χ2n) is 5.42. The molecule has 0 bridgehead atoms. The van der Waals surface area contributed by atoms with Crippen LogP contribution in [0.1, 0.15) is 25.0 Å². The minimum Gasteiger partial charge on any atom is -0.494 e. The third-order valence-electron chi connectivity index (χ3n) is 3.42. The van der Waals surface area contributed by atoms with Crippen LogP contribution in [-0.4, -0.2) is 24.1 Å². The molecule has 2 aromatic rings. The monoisotopic (exact) mass is 339 g/mol. The summed E-state index contributed by atoms with van der Waals surface area (Å²) in [7, 11) is 0. The van der Waals surface area contributed by atoms with Crippen LogP contribution in [0.4, 0.5) is 5.69 Å². The molecule has 0 atom stereocenters. The second kappa shape index (κ2) is 8.63. The maximum atomic E-state index is 11.9. The molecule has 6 heteroatoms. The number of carbonyl (C=O) groups excluding carboxylic acids is 2. The Morgan fingerprint density at radius 1 is 1.00 bits per heavy atom. The highest BCUT2D eigenvalue weighted by Gasteiger charge is 2.13. The number of carbonyl (C=O) groups is 2. The molecule has 130 valence electrons. The van der Waals surface area contributed by atoms with Crippen molar-refractivity contribution in [2.75, 3.05) is 11.9 Å². The summed E-state index contributed by atoms with van der Waals surface area (Å²) in [6.45, 7) is 6.20. The third-order valence-corrected chi connectivity index (χ3v) is 3.42. The van der Waals surface area contributed by atoms with Gasteiger partial charge < -0.3 is 10.1 Å². The number of hydrazone groups is 1. The van der Waals surface area contributed by atoms with Gasteiger partial charge in [-0.05, 0) is 62.7 Å². The van der Waals surface area contributed by atoms with Gasteiger partial charge in [0.25, 0.3) is 0 Å². The van der Waals surface area contributed by atoms with Crippen molar-refractivity contribution in [2.45, 2.75) is 20.8 Å². The number of hydrogen-bond acceptors (Lipinski definition) is 4. The Hall–Kier alpha value is -3.15. The molecule has 25 heavy (non-hydrogen) atoms. The highest BCUT2D eigenvalue weighted by atomic mass is 16.5. The molecule has 0 radical (unpaired) electrons. The molecule has 0 unspecified atom stereocenters. The topological polar surface area (TPSA) is 79.8 Å². The van der Waals surface area contributed by atoms with Gasteiger partial charge in [0.15, 0.2) is 0 Å². The van der Waals surface area contributed by atoms with Crippen LogP contribution in [0.25, 0.3) is 0 Å². The number of ether oxygens (including phenoxy) is 1. The Morgan fingerprint density at radius 3 is 2.24 bits per heavy atom. The number of hydrogen-bond donors (Lipinski definition) is 2. The van der Waals surface area contributed by atoms with Gasteiger partial charge in [-0.2, -0.15) is 5.10 Å². The molecule has 0 spiro atoms. The van der Waals surface area contributed by atoms with Crippen LogP contribution in [0, 0.1) is 6.92 Å². The average molecular weight is 339 g/mol. The fourth-order valence-electron chi connectivity index (χ4n) is 2.03.